The number of hydrogen-bond donors (Lipinski definition) is 2. The van der Waals surface area contributed by atoms with Gasteiger partial charge in [0.2, 0.25) is 0 Å². The van der Waals surface area contributed by atoms with Gasteiger partial charge in [-0.3, -0.25) is 9.59 Å². The van der Waals surface area contributed by atoms with Crippen LogP contribution in [0.3, 0.4) is 0 Å². The Labute approximate surface area is 172 Å². The van der Waals surface area contributed by atoms with E-state index in [1.165, 1.54) is 19.3 Å². The maximum Gasteiger partial charge on any atom is 0.265 e. The average Bonchev–Trinajstić information content (AvgIpc) is 2.72. The molecule has 5 heteroatoms. The van der Waals surface area contributed by atoms with Gasteiger partial charge in [0.25, 0.3) is 11.8 Å². The van der Waals surface area contributed by atoms with Gasteiger partial charge in [-0.2, -0.15) is 0 Å². The van der Waals surface area contributed by atoms with E-state index in [1.54, 1.807) is 31.2 Å². The zero-order valence-electron chi connectivity index (χ0n) is 17.5. The number of ether oxygens (including phenoxy) is 1. The summed E-state index contributed by atoms with van der Waals surface area (Å²) in [5.41, 5.74) is 3.49. The van der Waals surface area contributed by atoms with Gasteiger partial charge in [-0.15, -0.1) is 0 Å². The summed E-state index contributed by atoms with van der Waals surface area (Å²) in [6, 6.07) is 13.2. The predicted octanol–water partition coefficient (Wildman–Crippen LogP) is 4.77. The second-order valence-electron chi connectivity index (χ2n) is 7.90. The van der Waals surface area contributed by atoms with Crippen LogP contribution in [0.1, 0.15) is 60.5 Å². The number of anilines is 1. The van der Waals surface area contributed by atoms with Crippen LogP contribution in [0.2, 0.25) is 0 Å². The lowest BCUT2D eigenvalue weighted by Crippen LogP contribution is -2.36. The van der Waals surface area contributed by atoms with Gasteiger partial charge < -0.3 is 15.4 Å². The summed E-state index contributed by atoms with van der Waals surface area (Å²) in [5.74, 6) is 0.296. The molecule has 0 spiro atoms. The number of carbonyl (C=O) groups excluding carboxylic acids is 2. The highest BCUT2D eigenvalue weighted by Crippen LogP contribution is 2.20. The number of rotatable bonds is 6. The molecule has 2 aromatic rings. The van der Waals surface area contributed by atoms with E-state index in [4.69, 9.17) is 4.74 Å². The Balaban J connectivity index is 1.54. The van der Waals surface area contributed by atoms with Crippen LogP contribution in [0, 0.1) is 13.8 Å². The van der Waals surface area contributed by atoms with Crippen LogP contribution in [0.15, 0.2) is 42.5 Å². The molecule has 0 aliphatic heterocycles. The maximum absolute atomic E-state index is 12.5. The molecule has 2 aromatic carbocycles. The van der Waals surface area contributed by atoms with E-state index in [-0.39, 0.29) is 17.9 Å². The first-order valence-corrected chi connectivity index (χ1v) is 10.4. The average molecular weight is 395 g/mol. The van der Waals surface area contributed by atoms with Gasteiger partial charge in [-0.1, -0.05) is 31.4 Å². The number of amides is 2. The van der Waals surface area contributed by atoms with Gasteiger partial charge in [0, 0.05) is 17.3 Å². The standard InChI is InChI=1S/C24H30N2O3/c1-16-9-10-17(2)22(15-16)26-23(27)18(3)29-21-13-11-19(12-14-21)24(28)25-20-7-5-4-6-8-20/h9-15,18,20H,4-8H2,1-3H3,(H,25,28)(H,26,27). The van der Waals surface area contributed by atoms with E-state index >= 15 is 0 Å². The molecule has 1 saturated carbocycles. The Morgan fingerprint density at radius 3 is 2.38 bits per heavy atom. The van der Waals surface area contributed by atoms with Gasteiger partial charge >= 0.3 is 0 Å². The van der Waals surface area contributed by atoms with Crippen LogP contribution in [0.25, 0.3) is 0 Å². The number of hydrogen-bond acceptors (Lipinski definition) is 3. The van der Waals surface area contributed by atoms with Crippen LogP contribution >= 0.6 is 0 Å². The highest BCUT2D eigenvalue weighted by atomic mass is 16.5. The summed E-state index contributed by atoms with van der Waals surface area (Å²) in [6.45, 7) is 5.66. The van der Waals surface area contributed by atoms with Crippen LogP contribution in [-0.2, 0) is 4.79 Å². The fourth-order valence-electron chi connectivity index (χ4n) is 3.56. The van der Waals surface area contributed by atoms with Crippen molar-refractivity contribution in [3.05, 3.63) is 59.2 Å². The molecule has 29 heavy (non-hydrogen) atoms. The van der Waals surface area contributed by atoms with E-state index in [9.17, 15) is 9.59 Å². The van der Waals surface area contributed by atoms with Crippen molar-refractivity contribution in [3.63, 3.8) is 0 Å². The molecule has 0 heterocycles. The lowest BCUT2D eigenvalue weighted by molar-refractivity contribution is -0.122. The van der Waals surface area contributed by atoms with Crippen LogP contribution < -0.4 is 15.4 Å². The minimum absolute atomic E-state index is 0.0517. The smallest absolute Gasteiger partial charge is 0.265 e. The van der Waals surface area contributed by atoms with Crippen molar-refractivity contribution in [3.8, 4) is 5.75 Å². The molecular formula is C24H30N2O3. The van der Waals surface area contributed by atoms with Gasteiger partial charge in [0.05, 0.1) is 0 Å². The highest BCUT2D eigenvalue weighted by molar-refractivity contribution is 5.95. The first-order chi connectivity index (χ1) is 13.9. The number of carbonyl (C=O) groups is 2. The van der Waals surface area contributed by atoms with Gasteiger partial charge in [0.15, 0.2) is 6.10 Å². The molecule has 1 unspecified atom stereocenters. The molecule has 1 aliphatic carbocycles. The fraction of sp³-hybridized carbons (Fsp3) is 0.417. The van der Waals surface area contributed by atoms with E-state index in [0.717, 1.165) is 29.7 Å². The molecule has 0 radical (unpaired) electrons. The Bertz CT molecular complexity index is 855. The first kappa shape index (κ1) is 20.9. The highest BCUT2D eigenvalue weighted by Gasteiger charge is 2.18. The lowest BCUT2D eigenvalue weighted by Gasteiger charge is -2.22. The maximum atomic E-state index is 12.5. The summed E-state index contributed by atoms with van der Waals surface area (Å²) in [5, 5.41) is 6.02. The second-order valence-corrected chi connectivity index (χ2v) is 7.90. The molecule has 2 amide bonds. The molecule has 0 saturated heterocycles. The molecule has 1 atom stereocenters. The van der Waals surface area contributed by atoms with Crippen LogP contribution in [-0.4, -0.2) is 24.0 Å². The summed E-state index contributed by atoms with van der Waals surface area (Å²) in [6.07, 6.45) is 5.07. The van der Waals surface area contributed by atoms with Gasteiger partial charge in [-0.25, -0.2) is 0 Å². The van der Waals surface area contributed by atoms with Crippen LogP contribution in [0.5, 0.6) is 5.75 Å². The van der Waals surface area contributed by atoms with Crippen molar-refractivity contribution >= 4 is 17.5 Å². The monoisotopic (exact) mass is 394 g/mol. The van der Waals surface area contributed by atoms with Crippen molar-refractivity contribution in [2.24, 2.45) is 0 Å². The molecule has 2 N–H and O–H groups in total. The summed E-state index contributed by atoms with van der Waals surface area (Å²) in [4.78, 5) is 24.9. The van der Waals surface area contributed by atoms with E-state index < -0.39 is 6.10 Å². The molecule has 0 aromatic heterocycles. The van der Waals surface area contributed by atoms with Gasteiger partial charge in [0.1, 0.15) is 5.75 Å². The topological polar surface area (TPSA) is 67.4 Å². The first-order valence-electron chi connectivity index (χ1n) is 10.4. The molecular weight excluding hydrogens is 364 g/mol. The molecule has 3 rings (SSSR count). The van der Waals surface area contributed by atoms with E-state index in [2.05, 4.69) is 10.6 Å². The van der Waals surface area contributed by atoms with Crippen molar-refractivity contribution in [1.29, 1.82) is 0 Å². The Kier molecular flexibility index (Phi) is 6.91. The third-order valence-corrected chi connectivity index (χ3v) is 5.39. The molecule has 1 aliphatic rings. The normalized spacial score (nSPS) is 15.4. The second kappa shape index (κ2) is 9.59. The summed E-state index contributed by atoms with van der Waals surface area (Å²) < 4.78 is 5.76. The van der Waals surface area contributed by atoms with Crippen LogP contribution in [0.4, 0.5) is 5.69 Å². The fourth-order valence-corrected chi connectivity index (χ4v) is 3.56. The predicted molar refractivity (Wildman–Crippen MR) is 115 cm³/mol. The Hall–Kier alpha value is -2.82. The van der Waals surface area contributed by atoms with Gasteiger partial charge in [-0.05, 0) is 75.1 Å². The zero-order chi connectivity index (χ0) is 20.8. The van der Waals surface area contributed by atoms with Crippen molar-refractivity contribution in [2.75, 3.05) is 5.32 Å². The summed E-state index contributed by atoms with van der Waals surface area (Å²) in [7, 11) is 0. The SMILES string of the molecule is Cc1ccc(C)c(NC(=O)C(C)Oc2ccc(C(=O)NC3CCCCC3)cc2)c1. The number of aryl methyl sites for hydroxylation is 2. The Morgan fingerprint density at radius 1 is 1.00 bits per heavy atom. The zero-order valence-corrected chi connectivity index (χ0v) is 17.5. The van der Waals surface area contributed by atoms with Crippen molar-refractivity contribution in [1.82, 2.24) is 5.32 Å². The third-order valence-electron chi connectivity index (χ3n) is 5.39. The van der Waals surface area contributed by atoms with Crippen molar-refractivity contribution in [2.45, 2.75) is 65.0 Å². The molecule has 154 valence electrons. The van der Waals surface area contributed by atoms with E-state index in [1.807, 2.05) is 32.0 Å². The molecule has 1 fully saturated rings. The minimum Gasteiger partial charge on any atom is -0.481 e. The minimum atomic E-state index is -0.656. The molecule has 0 bridgehead atoms. The van der Waals surface area contributed by atoms with Crippen molar-refractivity contribution < 1.29 is 14.3 Å². The largest absolute Gasteiger partial charge is 0.481 e. The number of nitrogens with one attached hydrogen (secondary N) is 2. The third kappa shape index (κ3) is 5.83. The number of benzene rings is 2. The quantitative estimate of drug-likeness (QED) is 0.741. The molecule has 5 nitrogen and oxygen atoms in total. The summed E-state index contributed by atoms with van der Waals surface area (Å²) >= 11 is 0. The Morgan fingerprint density at radius 2 is 1.69 bits per heavy atom. The van der Waals surface area contributed by atoms with E-state index in [0.29, 0.717) is 11.3 Å². The lowest BCUT2D eigenvalue weighted by atomic mass is 9.95.